The number of fused-ring (bicyclic) bond motifs is 1. The number of hydrogen-bond acceptors (Lipinski definition) is 4. The van der Waals surface area contributed by atoms with Gasteiger partial charge in [-0.2, -0.15) is 0 Å². The van der Waals surface area contributed by atoms with Gasteiger partial charge in [0, 0.05) is 17.7 Å². The molecule has 2 aromatic carbocycles. The standard InChI is InChI=1S/C23H19FN4O2/c1-2-13-28-20-21(25-15-26-23(20)29)27-22(28)17-7-11-19(12-8-17)30-14-3-4-16-5-9-18(24)10-6-16/h5-12,15H,2,13-14H2,1H3,(H,25,26,29). The average molecular weight is 402 g/mol. The van der Waals surface area contributed by atoms with Gasteiger partial charge in [-0.3, -0.25) is 4.79 Å². The molecule has 0 aliphatic rings. The number of H-pyrrole nitrogens is 1. The first-order valence-corrected chi connectivity index (χ1v) is 9.57. The Bertz CT molecular complexity index is 1280. The minimum Gasteiger partial charge on any atom is -0.481 e. The van der Waals surface area contributed by atoms with Gasteiger partial charge in [-0.1, -0.05) is 18.8 Å². The third kappa shape index (κ3) is 4.08. The van der Waals surface area contributed by atoms with E-state index in [2.05, 4.69) is 26.8 Å². The summed E-state index contributed by atoms with van der Waals surface area (Å²) in [7, 11) is 0. The lowest BCUT2D eigenvalue weighted by molar-refractivity contribution is 0.370. The van der Waals surface area contributed by atoms with Gasteiger partial charge in [-0.05, 0) is 55.0 Å². The largest absolute Gasteiger partial charge is 0.481 e. The highest BCUT2D eigenvalue weighted by molar-refractivity contribution is 5.76. The number of ether oxygens (including phenoxy) is 1. The van der Waals surface area contributed by atoms with E-state index in [1.165, 1.54) is 18.5 Å². The van der Waals surface area contributed by atoms with Gasteiger partial charge in [0.2, 0.25) is 0 Å². The summed E-state index contributed by atoms with van der Waals surface area (Å²) in [6, 6.07) is 13.5. The van der Waals surface area contributed by atoms with Gasteiger partial charge in [0.1, 0.15) is 24.0 Å². The third-order valence-electron chi connectivity index (χ3n) is 4.49. The Balaban J connectivity index is 1.51. The molecule has 2 aromatic heterocycles. The molecule has 4 aromatic rings. The third-order valence-corrected chi connectivity index (χ3v) is 4.49. The molecule has 0 atom stereocenters. The molecule has 0 radical (unpaired) electrons. The molecule has 7 heteroatoms. The lowest BCUT2D eigenvalue weighted by atomic mass is 10.2. The van der Waals surface area contributed by atoms with Crippen LogP contribution >= 0.6 is 0 Å². The number of aromatic nitrogens is 4. The zero-order valence-corrected chi connectivity index (χ0v) is 16.4. The number of aryl methyl sites for hydroxylation is 1. The van der Waals surface area contributed by atoms with Crippen LogP contribution < -0.4 is 10.3 Å². The fraction of sp³-hybridized carbons (Fsp3) is 0.174. The number of benzene rings is 2. The number of hydrogen-bond donors (Lipinski definition) is 1. The second-order valence-corrected chi connectivity index (χ2v) is 6.61. The highest BCUT2D eigenvalue weighted by Crippen LogP contribution is 2.24. The molecule has 30 heavy (non-hydrogen) atoms. The first-order chi connectivity index (χ1) is 14.7. The molecule has 0 bridgehead atoms. The number of nitrogens with one attached hydrogen (secondary N) is 1. The normalized spacial score (nSPS) is 10.6. The molecule has 150 valence electrons. The Kier molecular flexibility index (Phi) is 5.57. The molecule has 6 nitrogen and oxygen atoms in total. The number of aromatic amines is 1. The molecule has 0 unspecified atom stereocenters. The summed E-state index contributed by atoms with van der Waals surface area (Å²) in [6.07, 6.45) is 2.22. The maximum absolute atomic E-state index is 12.9. The Morgan fingerprint density at radius 3 is 2.63 bits per heavy atom. The second-order valence-electron chi connectivity index (χ2n) is 6.61. The van der Waals surface area contributed by atoms with Crippen LogP contribution in [0.3, 0.4) is 0 Å². The van der Waals surface area contributed by atoms with Crippen LogP contribution in [0.25, 0.3) is 22.6 Å². The highest BCUT2D eigenvalue weighted by atomic mass is 19.1. The molecule has 0 aliphatic carbocycles. The summed E-state index contributed by atoms with van der Waals surface area (Å²) in [5.41, 5.74) is 2.30. The molecule has 1 N–H and O–H groups in total. The smallest absolute Gasteiger partial charge is 0.276 e. The number of nitrogens with zero attached hydrogens (tertiary/aromatic N) is 3. The van der Waals surface area contributed by atoms with Crippen LogP contribution in [-0.4, -0.2) is 26.1 Å². The minimum absolute atomic E-state index is 0.202. The average Bonchev–Trinajstić information content (AvgIpc) is 3.13. The van der Waals surface area contributed by atoms with Crippen molar-refractivity contribution in [2.45, 2.75) is 19.9 Å². The van der Waals surface area contributed by atoms with Crippen molar-refractivity contribution in [3.63, 3.8) is 0 Å². The van der Waals surface area contributed by atoms with Crippen LogP contribution in [0.5, 0.6) is 5.75 Å². The molecule has 2 heterocycles. The number of imidazole rings is 1. The summed E-state index contributed by atoms with van der Waals surface area (Å²) < 4.78 is 20.5. The Morgan fingerprint density at radius 1 is 1.13 bits per heavy atom. The molecular formula is C23H19FN4O2. The molecule has 0 amide bonds. The summed E-state index contributed by atoms with van der Waals surface area (Å²) in [5, 5.41) is 0. The molecule has 0 aliphatic heterocycles. The van der Waals surface area contributed by atoms with Gasteiger partial charge in [0.05, 0.1) is 6.33 Å². The predicted molar refractivity (Wildman–Crippen MR) is 113 cm³/mol. The molecule has 4 rings (SSSR count). The Labute approximate surface area is 172 Å². The van der Waals surface area contributed by atoms with E-state index in [0.717, 1.165) is 17.5 Å². The van der Waals surface area contributed by atoms with Crippen molar-refractivity contribution in [3.05, 3.63) is 76.6 Å². The van der Waals surface area contributed by atoms with Gasteiger partial charge < -0.3 is 14.3 Å². The van der Waals surface area contributed by atoms with Gasteiger partial charge in [0.25, 0.3) is 5.56 Å². The van der Waals surface area contributed by atoms with Gasteiger partial charge >= 0.3 is 0 Å². The molecule has 0 saturated carbocycles. The van der Waals surface area contributed by atoms with E-state index in [1.54, 1.807) is 12.1 Å². The van der Waals surface area contributed by atoms with Crippen molar-refractivity contribution in [3.8, 4) is 29.0 Å². The van der Waals surface area contributed by atoms with E-state index in [1.807, 2.05) is 35.8 Å². The second kappa shape index (κ2) is 8.62. The van der Waals surface area contributed by atoms with Crippen LogP contribution in [0.15, 0.2) is 59.7 Å². The van der Waals surface area contributed by atoms with E-state index < -0.39 is 0 Å². The monoisotopic (exact) mass is 402 g/mol. The molecule has 0 saturated heterocycles. The van der Waals surface area contributed by atoms with Crippen LogP contribution in [0.2, 0.25) is 0 Å². The quantitative estimate of drug-likeness (QED) is 0.516. The SMILES string of the molecule is CCCn1c(-c2ccc(OCC#Cc3ccc(F)cc3)cc2)nc2nc[nH]c(=O)c21. The zero-order valence-electron chi connectivity index (χ0n) is 16.4. The van der Waals surface area contributed by atoms with E-state index in [4.69, 9.17) is 4.74 Å². The predicted octanol–water partition coefficient (Wildman–Crippen LogP) is 3.77. The van der Waals surface area contributed by atoms with Crippen LogP contribution in [-0.2, 0) is 6.54 Å². The Hall–Kier alpha value is -3.92. The summed E-state index contributed by atoms with van der Waals surface area (Å²) in [6.45, 7) is 2.92. The van der Waals surface area contributed by atoms with Crippen molar-refractivity contribution in [1.29, 1.82) is 0 Å². The maximum atomic E-state index is 12.9. The summed E-state index contributed by atoms with van der Waals surface area (Å²) in [5.74, 6) is 6.91. The van der Waals surface area contributed by atoms with Crippen molar-refractivity contribution in [2.24, 2.45) is 0 Å². The number of rotatable bonds is 5. The molecular weight excluding hydrogens is 383 g/mol. The maximum Gasteiger partial charge on any atom is 0.276 e. The lowest BCUT2D eigenvalue weighted by Crippen LogP contribution is -2.12. The van der Waals surface area contributed by atoms with Crippen LogP contribution in [0, 0.1) is 17.7 Å². The van der Waals surface area contributed by atoms with Gasteiger partial charge in [0.15, 0.2) is 11.2 Å². The fourth-order valence-corrected chi connectivity index (χ4v) is 3.13. The zero-order chi connectivity index (χ0) is 20.9. The van der Waals surface area contributed by atoms with Gasteiger partial charge in [-0.25, -0.2) is 14.4 Å². The summed E-state index contributed by atoms with van der Waals surface area (Å²) >= 11 is 0. The van der Waals surface area contributed by atoms with E-state index >= 15 is 0 Å². The minimum atomic E-state index is -0.287. The van der Waals surface area contributed by atoms with Crippen molar-refractivity contribution in [2.75, 3.05) is 6.61 Å². The van der Waals surface area contributed by atoms with Crippen LogP contribution in [0.1, 0.15) is 18.9 Å². The topological polar surface area (TPSA) is 72.8 Å². The van der Waals surface area contributed by atoms with Crippen molar-refractivity contribution >= 4 is 11.2 Å². The molecule has 0 fully saturated rings. The number of halogens is 1. The van der Waals surface area contributed by atoms with Crippen molar-refractivity contribution in [1.82, 2.24) is 19.5 Å². The Morgan fingerprint density at radius 2 is 1.90 bits per heavy atom. The first-order valence-electron chi connectivity index (χ1n) is 9.57. The van der Waals surface area contributed by atoms with Gasteiger partial charge in [-0.15, -0.1) is 0 Å². The summed E-state index contributed by atoms with van der Waals surface area (Å²) in [4.78, 5) is 23.6. The van der Waals surface area contributed by atoms with E-state index in [-0.39, 0.29) is 18.0 Å². The first kappa shape index (κ1) is 19.4. The highest BCUT2D eigenvalue weighted by Gasteiger charge is 2.15. The molecule has 0 spiro atoms. The van der Waals surface area contributed by atoms with E-state index in [0.29, 0.717) is 29.3 Å². The van der Waals surface area contributed by atoms with Crippen LogP contribution in [0.4, 0.5) is 4.39 Å². The fourth-order valence-electron chi connectivity index (χ4n) is 3.13. The van der Waals surface area contributed by atoms with E-state index in [9.17, 15) is 9.18 Å². The van der Waals surface area contributed by atoms with Crippen molar-refractivity contribution < 1.29 is 9.13 Å². The lowest BCUT2D eigenvalue weighted by Gasteiger charge is -2.08.